The summed E-state index contributed by atoms with van der Waals surface area (Å²) in [5, 5.41) is 0. The van der Waals surface area contributed by atoms with Gasteiger partial charge in [-0.1, -0.05) is 29.8 Å². The first kappa shape index (κ1) is 11.0. The minimum absolute atomic E-state index is 1.10. The van der Waals surface area contributed by atoms with Crippen LogP contribution in [0.3, 0.4) is 0 Å². The van der Waals surface area contributed by atoms with Crippen LogP contribution in [-0.2, 0) is 6.42 Å². The smallest absolute Gasteiger partial charge is 0.0305 e. The number of hydrogen-bond donors (Lipinski definition) is 0. The van der Waals surface area contributed by atoms with E-state index in [2.05, 4.69) is 82.4 Å². The lowest BCUT2D eigenvalue weighted by Crippen LogP contribution is -1.89. The summed E-state index contributed by atoms with van der Waals surface area (Å²) < 4.78 is 2.78. The summed E-state index contributed by atoms with van der Waals surface area (Å²) in [6.07, 6.45) is 1.10. The topological polar surface area (TPSA) is 0 Å². The van der Waals surface area contributed by atoms with Crippen LogP contribution in [0, 0.1) is 14.1 Å². The summed E-state index contributed by atoms with van der Waals surface area (Å²) in [7, 11) is 0. The Hall–Kier alpha value is -0.1000. The van der Waals surface area contributed by atoms with Crippen molar-refractivity contribution in [1.29, 1.82) is 0 Å². The van der Waals surface area contributed by atoms with Gasteiger partial charge in [-0.3, -0.25) is 0 Å². The highest BCUT2D eigenvalue weighted by atomic mass is 127. The lowest BCUT2D eigenvalue weighted by atomic mass is 10.0. The lowest BCUT2D eigenvalue weighted by molar-refractivity contribution is 1.23. The molecule has 0 atom stereocenters. The fourth-order valence-corrected chi connectivity index (χ4v) is 3.51. The number of halogens is 2. The van der Waals surface area contributed by atoms with Crippen molar-refractivity contribution in [3.8, 4) is 11.1 Å². The highest BCUT2D eigenvalue weighted by Crippen LogP contribution is 2.40. The molecule has 16 heavy (non-hydrogen) atoms. The second-order valence-corrected chi connectivity index (χ2v) is 6.47. The zero-order chi connectivity index (χ0) is 11.3. The van der Waals surface area contributed by atoms with Gasteiger partial charge in [-0.25, -0.2) is 0 Å². The second-order valence-electron chi connectivity index (χ2n) is 4.22. The number of fused-ring (bicyclic) bond motifs is 3. The van der Waals surface area contributed by atoms with Crippen LogP contribution in [0.4, 0.5) is 0 Å². The molecule has 0 N–H and O–H groups in total. The number of benzene rings is 2. The Morgan fingerprint density at radius 2 is 1.75 bits per heavy atom. The molecule has 1 aliphatic carbocycles. The third kappa shape index (κ3) is 1.61. The molecule has 0 saturated heterocycles. The maximum atomic E-state index is 2.47. The normalized spacial score (nSPS) is 12.4. The van der Waals surface area contributed by atoms with Gasteiger partial charge in [0.15, 0.2) is 0 Å². The van der Waals surface area contributed by atoms with E-state index in [0.29, 0.717) is 0 Å². The molecule has 0 radical (unpaired) electrons. The van der Waals surface area contributed by atoms with Gasteiger partial charge in [0, 0.05) is 7.14 Å². The first-order valence-electron chi connectivity index (χ1n) is 5.23. The Bertz CT molecular complexity index is 586. The minimum atomic E-state index is 1.10. The second kappa shape index (κ2) is 3.98. The van der Waals surface area contributed by atoms with Crippen molar-refractivity contribution in [2.24, 2.45) is 0 Å². The first-order chi connectivity index (χ1) is 7.66. The average Bonchev–Trinajstić information content (AvgIpc) is 2.62. The molecule has 2 aromatic rings. The molecule has 0 heterocycles. The summed E-state index contributed by atoms with van der Waals surface area (Å²) in [5.41, 5.74) is 7.20. The van der Waals surface area contributed by atoms with Crippen molar-refractivity contribution in [2.45, 2.75) is 13.3 Å². The maximum absolute atomic E-state index is 2.47. The van der Waals surface area contributed by atoms with Crippen LogP contribution in [0.5, 0.6) is 0 Å². The molecule has 0 nitrogen and oxygen atoms in total. The standard InChI is InChI=1S/C14H10I2/c1-8-2-3-10-9(6-8)7-12-11(10)4-5-13(15)14(12)16/h2-6H,7H2,1H3. The van der Waals surface area contributed by atoms with Gasteiger partial charge < -0.3 is 0 Å². The molecule has 0 spiro atoms. The molecule has 0 unspecified atom stereocenters. The fourth-order valence-electron chi connectivity index (χ4n) is 2.34. The third-order valence-corrected chi connectivity index (χ3v) is 6.28. The molecule has 0 fully saturated rings. The predicted molar refractivity (Wildman–Crippen MR) is 84.9 cm³/mol. The van der Waals surface area contributed by atoms with E-state index in [1.165, 1.54) is 35.0 Å². The lowest BCUT2D eigenvalue weighted by Gasteiger charge is -2.04. The van der Waals surface area contributed by atoms with Gasteiger partial charge in [0.1, 0.15) is 0 Å². The Kier molecular flexibility index (Phi) is 2.74. The predicted octanol–water partition coefficient (Wildman–Crippen LogP) is 4.78. The van der Waals surface area contributed by atoms with E-state index in [0.717, 1.165) is 6.42 Å². The van der Waals surface area contributed by atoms with Crippen LogP contribution in [0.1, 0.15) is 16.7 Å². The van der Waals surface area contributed by atoms with Crippen molar-refractivity contribution >= 4 is 45.2 Å². The molecule has 1 aliphatic rings. The van der Waals surface area contributed by atoms with E-state index >= 15 is 0 Å². The van der Waals surface area contributed by atoms with Gasteiger partial charge >= 0.3 is 0 Å². The van der Waals surface area contributed by atoms with Gasteiger partial charge in [0.25, 0.3) is 0 Å². The third-order valence-electron chi connectivity index (χ3n) is 3.11. The monoisotopic (exact) mass is 432 g/mol. The average molecular weight is 432 g/mol. The summed E-state index contributed by atoms with van der Waals surface area (Å²) in [6, 6.07) is 11.3. The Balaban J connectivity index is 2.27. The Morgan fingerprint density at radius 1 is 1.00 bits per heavy atom. The Labute approximate surface area is 123 Å². The number of hydrogen-bond acceptors (Lipinski definition) is 0. The molecule has 0 bridgehead atoms. The molecule has 0 aliphatic heterocycles. The number of rotatable bonds is 0. The molecule has 3 rings (SSSR count). The van der Waals surface area contributed by atoms with Crippen molar-refractivity contribution in [3.05, 3.63) is 54.2 Å². The Morgan fingerprint density at radius 3 is 2.56 bits per heavy atom. The van der Waals surface area contributed by atoms with E-state index in [4.69, 9.17) is 0 Å². The minimum Gasteiger partial charge on any atom is -0.0587 e. The summed E-state index contributed by atoms with van der Waals surface area (Å²) in [5.74, 6) is 0. The zero-order valence-electron chi connectivity index (χ0n) is 8.85. The van der Waals surface area contributed by atoms with E-state index in [9.17, 15) is 0 Å². The number of aryl methyl sites for hydroxylation is 1. The largest absolute Gasteiger partial charge is 0.0587 e. The zero-order valence-corrected chi connectivity index (χ0v) is 13.2. The van der Waals surface area contributed by atoms with Gasteiger partial charge in [0.2, 0.25) is 0 Å². The summed E-state index contributed by atoms with van der Waals surface area (Å²) in [6.45, 7) is 2.16. The first-order valence-corrected chi connectivity index (χ1v) is 7.39. The van der Waals surface area contributed by atoms with E-state index < -0.39 is 0 Å². The van der Waals surface area contributed by atoms with Gasteiger partial charge in [-0.2, -0.15) is 0 Å². The molecule has 2 heteroatoms. The van der Waals surface area contributed by atoms with Crippen molar-refractivity contribution in [3.63, 3.8) is 0 Å². The van der Waals surface area contributed by atoms with E-state index in [-0.39, 0.29) is 0 Å². The van der Waals surface area contributed by atoms with Gasteiger partial charge in [0.05, 0.1) is 0 Å². The van der Waals surface area contributed by atoms with Crippen LogP contribution in [0.15, 0.2) is 30.3 Å². The maximum Gasteiger partial charge on any atom is 0.0305 e. The van der Waals surface area contributed by atoms with E-state index in [1.807, 2.05) is 0 Å². The summed E-state index contributed by atoms with van der Waals surface area (Å²) >= 11 is 4.89. The van der Waals surface area contributed by atoms with Gasteiger partial charge in [-0.05, 0) is 86.8 Å². The molecular weight excluding hydrogens is 422 g/mol. The molecular formula is C14H10I2. The van der Waals surface area contributed by atoms with Gasteiger partial charge in [-0.15, -0.1) is 0 Å². The molecule has 0 aromatic heterocycles. The van der Waals surface area contributed by atoms with Crippen LogP contribution in [0.25, 0.3) is 11.1 Å². The quantitative estimate of drug-likeness (QED) is 0.449. The fraction of sp³-hybridized carbons (Fsp3) is 0.143. The van der Waals surface area contributed by atoms with Crippen LogP contribution in [0.2, 0.25) is 0 Å². The molecule has 0 amide bonds. The van der Waals surface area contributed by atoms with E-state index in [1.54, 1.807) is 0 Å². The van der Waals surface area contributed by atoms with Crippen molar-refractivity contribution < 1.29 is 0 Å². The molecule has 0 saturated carbocycles. The highest BCUT2D eigenvalue weighted by Gasteiger charge is 2.21. The van der Waals surface area contributed by atoms with Crippen LogP contribution < -0.4 is 0 Å². The summed E-state index contributed by atoms with van der Waals surface area (Å²) in [4.78, 5) is 0. The van der Waals surface area contributed by atoms with Crippen molar-refractivity contribution in [2.75, 3.05) is 0 Å². The SMILES string of the molecule is Cc1ccc2c(c1)Cc1c-2ccc(I)c1I. The van der Waals surface area contributed by atoms with Crippen molar-refractivity contribution in [1.82, 2.24) is 0 Å². The highest BCUT2D eigenvalue weighted by molar-refractivity contribution is 14.1. The molecule has 80 valence electrons. The van der Waals surface area contributed by atoms with Crippen LogP contribution >= 0.6 is 45.2 Å². The van der Waals surface area contributed by atoms with Crippen LogP contribution in [-0.4, -0.2) is 0 Å². The molecule has 2 aromatic carbocycles.